The predicted octanol–water partition coefficient (Wildman–Crippen LogP) is 13.1. The molecular weight excluding hydrogens is 913 g/mol. The summed E-state index contributed by atoms with van der Waals surface area (Å²) in [6.07, 6.45) is 0.953. The first kappa shape index (κ1) is 45.5. The summed E-state index contributed by atoms with van der Waals surface area (Å²) in [5.41, 5.74) is 12.9. The van der Waals surface area contributed by atoms with Crippen LogP contribution in [0.3, 0.4) is 0 Å². The Balaban J connectivity index is 1.15. The molecule has 12 aromatic rings. The molecule has 0 amide bonds. The molecule has 1 aliphatic carbocycles. The van der Waals surface area contributed by atoms with Crippen LogP contribution in [0.4, 0.5) is 0 Å². The van der Waals surface area contributed by atoms with Crippen molar-refractivity contribution in [2.75, 3.05) is 0 Å². The van der Waals surface area contributed by atoms with Crippen molar-refractivity contribution in [2.45, 2.75) is 64.2 Å². The first-order valence-electron chi connectivity index (χ1n) is 25.6. The van der Waals surface area contributed by atoms with E-state index in [9.17, 15) is 9.59 Å². The smallest absolute Gasteiger partial charge is 0.197 e. The Morgan fingerprint density at radius 1 is 0.365 bits per heavy atom. The predicted molar refractivity (Wildman–Crippen MR) is 307 cm³/mol. The van der Waals surface area contributed by atoms with Crippen molar-refractivity contribution in [2.24, 2.45) is 28.2 Å². The summed E-state index contributed by atoms with van der Waals surface area (Å²) in [6, 6.07) is 49.2. The molecule has 4 aromatic heterocycles. The standard InChI is InChI=1S/C66H56N4O4/c1-11-65(5,6)37-21-25-51-43(29-37)42-28-36(64(2,3)4)20-24-50(42)66(51,38-22-26-54-44(30-38)62(73)48-34-56-46(32-58(48)69(54)9)60(71)40-16-12-14-18-52(40)67(56)7)39-23-27-55-45(31-39)63(74)49-35-57-47(33-59(49)70(55)10)61(72)41-17-13-15-19-53(41)68(57)8/h12-35H,11H2,1-10H3. The summed E-state index contributed by atoms with van der Waals surface area (Å²) in [5.74, 6) is 0. The quantitative estimate of drug-likeness (QED) is 0.164. The molecule has 0 saturated carbocycles. The number of pyridine rings is 4. The van der Waals surface area contributed by atoms with Crippen molar-refractivity contribution in [3.05, 3.63) is 220 Å². The van der Waals surface area contributed by atoms with Crippen LogP contribution in [0.2, 0.25) is 0 Å². The maximum absolute atomic E-state index is 15.4. The van der Waals surface area contributed by atoms with Gasteiger partial charge in [-0.15, -0.1) is 0 Å². The van der Waals surface area contributed by atoms with Crippen LogP contribution < -0.4 is 21.7 Å². The Hall–Kier alpha value is -8.36. The van der Waals surface area contributed by atoms with Crippen molar-refractivity contribution in [1.82, 2.24) is 18.3 Å². The van der Waals surface area contributed by atoms with Crippen LogP contribution in [0, 0.1) is 0 Å². The zero-order valence-electron chi connectivity index (χ0n) is 43.5. The van der Waals surface area contributed by atoms with E-state index in [1.165, 1.54) is 11.1 Å². The zero-order valence-corrected chi connectivity index (χ0v) is 43.5. The van der Waals surface area contributed by atoms with Crippen molar-refractivity contribution in [3.63, 3.8) is 0 Å². The summed E-state index contributed by atoms with van der Waals surface area (Å²) < 4.78 is 8.08. The lowest BCUT2D eigenvalue weighted by Crippen LogP contribution is -2.29. The monoisotopic (exact) mass is 968 g/mol. The average Bonchev–Trinajstić information content (AvgIpc) is 3.71. The molecule has 0 saturated heterocycles. The van der Waals surface area contributed by atoms with E-state index in [4.69, 9.17) is 0 Å². The Labute approximate surface area is 427 Å². The minimum atomic E-state index is -0.989. The molecule has 0 N–H and O–H groups in total. The van der Waals surface area contributed by atoms with Gasteiger partial charge in [0.25, 0.3) is 0 Å². The normalized spacial score (nSPS) is 13.6. The topological polar surface area (TPSA) is 88.0 Å². The molecule has 364 valence electrons. The van der Waals surface area contributed by atoms with Gasteiger partial charge in [-0.2, -0.15) is 0 Å². The van der Waals surface area contributed by atoms with E-state index in [1.807, 2.05) is 119 Å². The number of hydrogen-bond acceptors (Lipinski definition) is 4. The lowest BCUT2D eigenvalue weighted by Gasteiger charge is -2.35. The second-order valence-electron chi connectivity index (χ2n) is 22.6. The lowest BCUT2D eigenvalue weighted by atomic mass is 9.66. The fraction of sp³-hybridized carbons (Fsp3) is 0.212. The van der Waals surface area contributed by atoms with Gasteiger partial charge in [-0.3, -0.25) is 19.2 Å². The van der Waals surface area contributed by atoms with E-state index in [2.05, 4.69) is 114 Å². The van der Waals surface area contributed by atoms with Crippen LogP contribution in [0.1, 0.15) is 81.3 Å². The highest BCUT2D eigenvalue weighted by atomic mass is 16.1. The minimum absolute atomic E-state index is 0.0649. The Bertz CT molecular complexity index is 4570. The van der Waals surface area contributed by atoms with Gasteiger partial charge in [-0.25, -0.2) is 0 Å². The summed E-state index contributed by atoms with van der Waals surface area (Å²) in [5, 5.41) is 4.54. The van der Waals surface area contributed by atoms with Gasteiger partial charge in [0.15, 0.2) is 21.7 Å². The fourth-order valence-electron chi connectivity index (χ4n) is 12.7. The SMILES string of the molecule is CCC(C)(C)c1ccc2c(c1)-c1cc(C(C)(C)C)ccc1C2(c1ccc2c(c1)c(=O)c1cc3c(cc1n2C)c(=O)c1ccccc1n3C)c1ccc2c(c1)c(=O)c1cc3c(cc1n2C)c(=O)c1ccccc1n3C. The molecule has 0 atom stereocenters. The second-order valence-corrected chi connectivity index (χ2v) is 22.6. The first-order valence-corrected chi connectivity index (χ1v) is 25.6. The number of aromatic nitrogens is 4. The van der Waals surface area contributed by atoms with Crippen LogP contribution in [0.15, 0.2) is 165 Å². The molecule has 0 bridgehead atoms. The molecule has 8 heteroatoms. The summed E-state index contributed by atoms with van der Waals surface area (Å²) in [6.45, 7) is 13.6. The largest absolute Gasteiger partial charge is 0.343 e. The number of benzene rings is 8. The number of fused-ring (bicyclic) bond motifs is 11. The minimum Gasteiger partial charge on any atom is -0.343 e. The lowest BCUT2D eigenvalue weighted by molar-refractivity contribution is 0.506. The third-order valence-electron chi connectivity index (χ3n) is 17.4. The van der Waals surface area contributed by atoms with E-state index in [1.54, 1.807) is 0 Å². The first-order chi connectivity index (χ1) is 35.3. The summed E-state index contributed by atoms with van der Waals surface area (Å²) in [4.78, 5) is 58.9. The molecule has 74 heavy (non-hydrogen) atoms. The molecule has 8 nitrogen and oxygen atoms in total. The molecule has 13 rings (SSSR count). The zero-order chi connectivity index (χ0) is 51.7. The van der Waals surface area contributed by atoms with Crippen LogP contribution in [0.25, 0.3) is 98.4 Å². The van der Waals surface area contributed by atoms with Crippen LogP contribution in [-0.4, -0.2) is 18.3 Å². The molecule has 8 aromatic carbocycles. The van der Waals surface area contributed by atoms with Gasteiger partial charge in [0.2, 0.25) is 0 Å². The average molecular weight is 969 g/mol. The number of nitrogens with zero attached hydrogens (tertiary/aromatic N) is 4. The van der Waals surface area contributed by atoms with E-state index in [0.29, 0.717) is 65.2 Å². The molecular formula is C66H56N4O4. The van der Waals surface area contributed by atoms with E-state index >= 15 is 9.59 Å². The third kappa shape index (κ3) is 5.96. The van der Waals surface area contributed by atoms with Crippen molar-refractivity contribution < 1.29 is 0 Å². The molecule has 0 spiro atoms. The van der Waals surface area contributed by atoms with Crippen LogP contribution in [-0.2, 0) is 44.4 Å². The summed E-state index contributed by atoms with van der Waals surface area (Å²) >= 11 is 0. The molecule has 1 aliphatic rings. The van der Waals surface area contributed by atoms with Crippen molar-refractivity contribution in [1.29, 1.82) is 0 Å². The van der Waals surface area contributed by atoms with Crippen LogP contribution >= 0.6 is 0 Å². The Kier molecular flexibility index (Phi) is 9.43. The van der Waals surface area contributed by atoms with Crippen molar-refractivity contribution >= 4 is 87.2 Å². The van der Waals surface area contributed by atoms with Crippen LogP contribution in [0.5, 0.6) is 0 Å². The van der Waals surface area contributed by atoms with Gasteiger partial charge in [0.05, 0.1) is 49.5 Å². The Morgan fingerprint density at radius 2 is 0.703 bits per heavy atom. The summed E-state index contributed by atoms with van der Waals surface area (Å²) in [7, 11) is 7.83. The highest BCUT2D eigenvalue weighted by Crippen LogP contribution is 2.58. The molecule has 0 aliphatic heterocycles. The van der Waals surface area contributed by atoms with Gasteiger partial charge in [0, 0.05) is 71.3 Å². The van der Waals surface area contributed by atoms with Gasteiger partial charge in [0.1, 0.15) is 0 Å². The number of hydrogen-bond donors (Lipinski definition) is 0. The second kappa shape index (κ2) is 15.3. The molecule has 0 radical (unpaired) electrons. The number of para-hydroxylation sites is 2. The van der Waals surface area contributed by atoms with Gasteiger partial charge in [-0.05, 0) is 135 Å². The molecule has 0 unspecified atom stereocenters. The fourth-order valence-corrected chi connectivity index (χ4v) is 12.7. The highest BCUT2D eigenvalue weighted by molar-refractivity contribution is 6.06. The number of aryl methyl sites for hydroxylation is 4. The third-order valence-corrected chi connectivity index (χ3v) is 17.4. The maximum Gasteiger partial charge on any atom is 0.197 e. The van der Waals surface area contributed by atoms with Crippen molar-refractivity contribution in [3.8, 4) is 11.1 Å². The van der Waals surface area contributed by atoms with E-state index in [0.717, 1.165) is 61.9 Å². The molecule has 4 heterocycles. The highest BCUT2D eigenvalue weighted by Gasteiger charge is 2.47. The Morgan fingerprint density at radius 3 is 1.09 bits per heavy atom. The van der Waals surface area contributed by atoms with Gasteiger partial charge < -0.3 is 18.3 Å². The van der Waals surface area contributed by atoms with Gasteiger partial charge in [-0.1, -0.05) is 114 Å². The number of rotatable bonds is 4. The maximum atomic E-state index is 15.4. The van der Waals surface area contributed by atoms with E-state index in [-0.39, 0.29) is 32.5 Å². The van der Waals surface area contributed by atoms with E-state index < -0.39 is 5.41 Å². The van der Waals surface area contributed by atoms with Gasteiger partial charge >= 0.3 is 0 Å². The molecule has 0 fully saturated rings.